The van der Waals surface area contributed by atoms with Crippen LogP contribution >= 0.6 is 0 Å². The molecule has 0 unspecified atom stereocenters. The zero-order valence-electron chi connectivity index (χ0n) is 22.5. The fourth-order valence-electron chi connectivity index (χ4n) is 3.80. The van der Waals surface area contributed by atoms with Gasteiger partial charge in [0.15, 0.2) is 4.90 Å². The number of nitrogens with one attached hydrogen (secondary N) is 1. The highest BCUT2D eigenvalue weighted by molar-refractivity contribution is 7.95. The van der Waals surface area contributed by atoms with Crippen molar-refractivity contribution in [2.24, 2.45) is 0 Å². The van der Waals surface area contributed by atoms with Gasteiger partial charge in [0.05, 0.1) is 12.8 Å². The SMILES string of the molecule is CCCCCCCCCCCCCCCCCC(=O)Nc1ccccc1[S+](C)C.COS(=O)(=O)[O-]. The first kappa shape index (κ1) is 33.9. The molecular formula is C27H49NO5S2. The highest BCUT2D eigenvalue weighted by atomic mass is 32.3. The zero-order valence-corrected chi connectivity index (χ0v) is 24.1. The van der Waals surface area contributed by atoms with E-state index in [1.807, 2.05) is 18.2 Å². The summed E-state index contributed by atoms with van der Waals surface area (Å²) in [5.74, 6) is 0.164. The van der Waals surface area contributed by atoms with Gasteiger partial charge in [0.1, 0.15) is 12.5 Å². The number of benzene rings is 1. The van der Waals surface area contributed by atoms with Gasteiger partial charge in [-0.1, -0.05) is 109 Å². The summed E-state index contributed by atoms with van der Waals surface area (Å²) >= 11 is 0. The second-order valence-corrected chi connectivity index (χ2v) is 12.4. The maximum Gasteiger partial charge on any atom is 0.224 e. The van der Waals surface area contributed by atoms with Crippen LogP contribution in [0, 0.1) is 0 Å². The lowest BCUT2D eigenvalue weighted by atomic mass is 10.0. The molecule has 0 saturated heterocycles. The Hall–Kier alpha value is -1.09. The van der Waals surface area contributed by atoms with Crippen molar-refractivity contribution in [2.75, 3.05) is 24.9 Å². The minimum absolute atomic E-state index is 0.161. The third-order valence-electron chi connectivity index (χ3n) is 5.81. The molecule has 0 aliphatic carbocycles. The van der Waals surface area contributed by atoms with Crippen molar-refractivity contribution >= 4 is 32.9 Å². The Morgan fingerprint density at radius 2 is 1.23 bits per heavy atom. The number of unbranched alkanes of at least 4 members (excludes halogenated alkanes) is 14. The topological polar surface area (TPSA) is 95.5 Å². The maximum absolute atomic E-state index is 12.2. The average Bonchev–Trinajstić information content (AvgIpc) is 2.81. The highest BCUT2D eigenvalue weighted by Gasteiger charge is 2.15. The molecular weight excluding hydrogens is 482 g/mol. The summed E-state index contributed by atoms with van der Waals surface area (Å²) in [6, 6.07) is 8.19. The summed E-state index contributed by atoms with van der Waals surface area (Å²) < 4.78 is 31.0. The first-order valence-corrected chi connectivity index (χ1v) is 16.6. The van der Waals surface area contributed by atoms with Crippen LogP contribution in [0.3, 0.4) is 0 Å². The monoisotopic (exact) mass is 531 g/mol. The van der Waals surface area contributed by atoms with Crippen LogP contribution in [-0.4, -0.2) is 38.5 Å². The molecule has 1 rings (SSSR count). The molecule has 1 amide bonds. The van der Waals surface area contributed by atoms with Crippen LogP contribution in [0.2, 0.25) is 0 Å². The van der Waals surface area contributed by atoms with E-state index in [1.165, 1.54) is 94.8 Å². The summed E-state index contributed by atoms with van der Waals surface area (Å²) in [5.41, 5.74) is 0.992. The molecule has 6 nitrogen and oxygen atoms in total. The zero-order chi connectivity index (χ0) is 26.4. The molecule has 0 aliphatic rings. The molecule has 0 bridgehead atoms. The predicted octanol–water partition coefficient (Wildman–Crippen LogP) is 7.22. The smallest absolute Gasteiger partial charge is 0.224 e. The summed E-state index contributed by atoms with van der Waals surface area (Å²) in [6.45, 7) is 2.28. The molecule has 1 aromatic carbocycles. The van der Waals surface area contributed by atoms with E-state index in [4.69, 9.17) is 0 Å². The molecule has 0 fully saturated rings. The number of hydrogen-bond acceptors (Lipinski definition) is 5. The standard InChI is InChI=1S/C26H45NOS.CH4O4S/c1-4-5-6-7-8-9-10-11-12-13-14-15-16-17-18-23-26(28)27-24-21-19-20-22-25(24)29(2)3;1-5-6(2,3)4/h19-22H,4-18,23H2,1-3H3;1H3,(H,2,3,4). The Morgan fingerprint density at radius 1 is 0.829 bits per heavy atom. The summed E-state index contributed by atoms with van der Waals surface area (Å²) in [5, 5.41) is 3.11. The molecule has 8 heteroatoms. The Labute approximate surface area is 218 Å². The van der Waals surface area contributed by atoms with Crippen molar-refractivity contribution in [3.63, 3.8) is 0 Å². The Bertz CT molecular complexity index is 754. The molecule has 204 valence electrons. The van der Waals surface area contributed by atoms with Gasteiger partial charge in [-0.3, -0.25) is 8.98 Å². The number of hydrogen-bond donors (Lipinski definition) is 1. The normalized spacial score (nSPS) is 11.3. The average molecular weight is 532 g/mol. The van der Waals surface area contributed by atoms with E-state index in [0.717, 1.165) is 19.2 Å². The first-order chi connectivity index (χ1) is 16.7. The van der Waals surface area contributed by atoms with Gasteiger partial charge >= 0.3 is 0 Å². The third kappa shape index (κ3) is 21.9. The highest BCUT2D eigenvalue weighted by Crippen LogP contribution is 2.21. The van der Waals surface area contributed by atoms with Gasteiger partial charge in [-0.2, -0.15) is 0 Å². The van der Waals surface area contributed by atoms with E-state index in [1.54, 1.807) is 0 Å². The van der Waals surface area contributed by atoms with Crippen LogP contribution < -0.4 is 5.32 Å². The Morgan fingerprint density at radius 3 is 1.63 bits per heavy atom. The van der Waals surface area contributed by atoms with Gasteiger partial charge in [0.2, 0.25) is 16.3 Å². The quantitative estimate of drug-likeness (QED) is 0.0880. The number of para-hydroxylation sites is 1. The molecule has 0 aliphatic heterocycles. The summed E-state index contributed by atoms with van der Waals surface area (Å²) in [6.07, 6.45) is 25.4. The van der Waals surface area contributed by atoms with Gasteiger partial charge in [-0.15, -0.1) is 0 Å². The van der Waals surface area contributed by atoms with Crippen LogP contribution in [0.4, 0.5) is 5.69 Å². The van der Waals surface area contributed by atoms with Crippen LogP contribution in [0.5, 0.6) is 0 Å². The van der Waals surface area contributed by atoms with E-state index < -0.39 is 10.4 Å². The Balaban J connectivity index is 0.00000170. The van der Waals surface area contributed by atoms with Crippen LogP contribution in [0.15, 0.2) is 29.2 Å². The number of carbonyl (C=O) groups is 1. The van der Waals surface area contributed by atoms with Gasteiger partial charge in [0, 0.05) is 17.3 Å². The predicted molar refractivity (Wildman–Crippen MR) is 149 cm³/mol. The van der Waals surface area contributed by atoms with Crippen molar-refractivity contribution in [1.29, 1.82) is 0 Å². The minimum atomic E-state index is -4.41. The fraction of sp³-hybridized carbons (Fsp3) is 0.741. The minimum Gasteiger partial charge on any atom is -0.726 e. The van der Waals surface area contributed by atoms with Crippen LogP contribution in [-0.2, 0) is 30.3 Å². The van der Waals surface area contributed by atoms with Crippen molar-refractivity contribution in [3.8, 4) is 0 Å². The van der Waals surface area contributed by atoms with E-state index in [9.17, 15) is 17.8 Å². The largest absolute Gasteiger partial charge is 0.726 e. The third-order valence-corrected chi connectivity index (χ3v) is 7.46. The second-order valence-electron chi connectivity index (χ2n) is 9.14. The van der Waals surface area contributed by atoms with Crippen molar-refractivity contribution < 1.29 is 21.9 Å². The van der Waals surface area contributed by atoms with E-state index in [2.05, 4.69) is 35.0 Å². The summed E-state index contributed by atoms with van der Waals surface area (Å²) in [7, 11) is -3.44. The lowest BCUT2D eigenvalue weighted by molar-refractivity contribution is -0.116. The molecule has 0 atom stereocenters. The lowest BCUT2D eigenvalue weighted by Crippen LogP contribution is -2.13. The fourth-order valence-corrected chi connectivity index (χ4v) is 4.71. The van der Waals surface area contributed by atoms with Gasteiger partial charge in [-0.05, 0) is 18.6 Å². The second kappa shape index (κ2) is 22.1. The number of anilines is 1. The van der Waals surface area contributed by atoms with Crippen LogP contribution in [0.1, 0.15) is 110 Å². The van der Waals surface area contributed by atoms with E-state index >= 15 is 0 Å². The van der Waals surface area contributed by atoms with E-state index in [0.29, 0.717) is 6.42 Å². The number of rotatable bonds is 19. The number of amides is 1. The van der Waals surface area contributed by atoms with Crippen molar-refractivity contribution in [1.82, 2.24) is 0 Å². The van der Waals surface area contributed by atoms with Gasteiger partial charge in [-0.25, -0.2) is 8.42 Å². The van der Waals surface area contributed by atoms with Crippen molar-refractivity contribution in [2.45, 2.75) is 115 Å². The number of carbonyl (C=O) groups excluding carboxylic acids is 1. The summed E-state index contributed by atoms with van der Waals surface area (Å²) in [4.78, 5) is 13.5. The molecule has 35 heavy (non-hydrogen) atoms. The van der Waals surface area contributed by atoms with Gasteiger partial charge in [0.25, 0.3) is 0 Å². The lowest BCUT2D eigenvalue weighted by Gasteiger charge is -2.08. The molecule has 1 aromatic rings. The molecule has 1 N–H and O–H groups in total. The first-order valence-electron chi connectivity index (χ1n) is 13.2. The molecule has 0 spiro atoms. The molecule has 0 saturated carbocycles. The molecule has 0 radical (unpaired) electrons. The molecule has 0 heterocycles. The van der Waals surface area contributed by atoms with Crippen molar-refractivity contribution in [3.05, 3.63) is 24.3 Å². The van der Waals surface area contributed by atoms with Gasteiger partial charge < -0.3 is 9.87 Å². The van der Waals surface area contributed by atoms with Crippen LogP contribution in [0.25, 0.3) is 0 Å². The molecule has 0 aromatic heterocycles. The Kier molecular flexibility index (Phi) is 21.4. The maximum atomic E-state index is 12.2. The van der Waals surface area contributed by atoms with E-state index in [-0.39, 0.29) is 16.8 Å².